The lowest BCUT2D eigenvalue weighted by Gasteiger charge is -2.40. The molecule has 0 aromatic heterocycles. The van der Waals surface area contributed by atoms with E-state index in [9.17, 15) is 33.9 Å². The largest absolute Gasteiger partial charge is 0.365 e. The van der Waals surface area contributed by atoms with Gasteiger partial charge in [0.1, 0.15) is 30.7 Å². The Morgan fingerprint density at radius 3 is 2.19 bits per heavy atom. The number of fused-ring (bicyclic) bond motifs is 5. The maximum absolute atomic E-state index is 14.8. The van der Waals surface area contributed by atoms with Crippen LogP contribution in [-0.4, -0.2) is 121 Å². The Labute approximate surface area is 318 Å². The van der Waals surface area contributed by atoms with Crippen molar-refractivity contribution in [3.8, 4) is 0 Å². The molecule has 3 saturated heterocycles. The van der Waals surface area contributed by atoms with Crippen molar-refractivity contribution < 1.29 is 33.9 Å². The van der Waals surface area contributed by atoms with E-state index < -0.39 is 71.9 Å². The van der Waals surface area contributed by atoms with Crippen LogP contribution in [-0.2, 0) is 36.2 Å². The van der Waals surface area contributed by atoms with Gasteiger partial charge in [0.15, 0.2) is 5.72 Å². The number of nitrogens with zero attached hydrogens (tertiary/aromatic N) is 4. The van der Waals surface area contributed by atoms with Crippen LogP contribution >= 0.6 is 23.5 Å². The van der Waals surface area contributed by atoms with Gasteiger partial charge in [-0.25, -0.2) is 0 Å². The molecule has 284 valence electrons. The van der Waals surface area contributed by atoms with Crippen molar-refractivity contribution >= 4 is 59.0 Å². The molecule has 0 unspecified atom stereocenters. The summed E-state index contributed by atoms with van der Waals surface area (Å²) in [5.41, 5.74) is -0.885. The number of aliphatic hydroxyl groups is 1. The van der Waals surface area contributed by atoms with E-state index >= 15 is 0 Å². The van der Waals surface area contributed by atoms with Gasteiger partial charge in [0.05, 0.1) is 18.3 Å². The molecule has 0 aliphatic carbocycles. The van der Waals surface area contributed by atoms with Crippen molar-refractivity contribution in [1.29, 1.82) is 0 Å². The lowest BCUT2D eigenvalue weighted by atomic mass is 9.95. The van der Waals surface area contributed by atoms with Crippen molar-refractivity contribution in [2.75, 3.05) is 36.3 Å². The molecule has 4 aliphatic rings. The average Bonchev–Trinajstić information content (AvgIpc) is 3.89. The molecule has 6 atom stereocenters. The number of hydrogen-bond donors (Lipinski definition) is 3. The second-order valence-corrected chi connectivity index (χ2v) is 16.7. The van der Waals surface area contributed by atoms with Crippen LogP contribution in [0.1, 0.15) is 62.0 Å². The Kier molecular flexibility index (Phi) is 11.7. The van der Waals surface area contributed by atoms with Gasteiger partial charge in [0.25, 0.3) is 5.91 Å². The van der Waals surface area contributed by atoms with Crippen LogP contribution in [0.3, 0.4) is 0 Å². The molecule has 15 heteroatoms. The van der Waals surface area contributed by atoms with Crippen LogP contribution in [0.5, 0.6) is 0 Å². The van der Waals surface area contributed by atoms with E-state index in [1.54, 1.807) is 24.3 Å². The van der Waals surface area contributed by atoms with Gasteiger partial charge in [-0.05, 0) is 29.9 Å². The summed E-state index contributed by atoms with van der Waals surface area (Å²) in [4.78, 5) is 90.8. The lowest BCUT2D eigenvalue weighted by molar-refractivity contribution is -0.157. The summed E-state index contributed by atoms with van der Waals surface area (Å²) in [7, 11) is 0. The second kappa shape index (κ2) is 16.1. The monoisotopic (exact) mass is 764 g/mol. The van der Waals surface area contributed by atoms with E-state index in [4.69, 9.17) is 0 Å². The van der Waals surface area contributed by atoms with E-state index in [2.05, 4.69) is 10.6 Å². The van der Waals surface area contributed by atoms with E-state index in [-0.39, 0.29) is 65.7 Å². The molecule has 4 aliphatic heterocycles. The van der Waals surface area contributed by atoms with Crippen LogP contribution in [0.4, 0.5) is 0 Å². The maximum atomic E-state index is 14.8. The van der Waals surface area contributed by atoms with Gasteiger partial charge in [-0.15, -0.1) is 23.5 Å². The van der Waals surface area contributed by atoms with Gasteiger partial charge in [0, 0.05) is 29.2 Å². The van der Waals surface area contributed by atoms with E-state index in [1.807, 2.05) is 58.0 Å². The van der Waals surface area contributed by atoms with Crippen LogP contribution in [0, 0.1) is 11.8 Å². The van der Waals surface area contributed by atoms with E-state index in [1.165, 1.54) is 38.2 Å². The number of amides is 6. The van der Waals surface area contributed by atoms with Crippen molar-refractivity contribution in [1.82, 2.24) is 30.2 Å². The quantitative estimate of drug-likeness (QED) is 0.401. The Morgan fingerprint density at radius 1 is 0.830 bits per heavy atom. The van der Waals surface area contributed by atoms with Gasteiger partial charge in [-0.1, -0.05) is 82.6 Å². The number of carbonyl (C=O) groups excluding carboxylic acids is 6. The first-order valence-electron chi connectivity index (χ1n) is 18.2. The highest BCUT2D eigenvalue weighted by Crippen LogP contribution is 2.39. The molecule has 3 fully saturated rings. The predicted molar refractivity (Wildman–Crippen MR) is 202 cm³/mol. The third-order valence-corrected chi connectivity index (χ3v) is 12.6. The number of rotatable bonds is 6. The number of β-amino-alcohol motifs (C(OH)–C–C–N with tert-alkyl or cyclic N) is 1. The zero-order chi connectivity index (χ0) is 38.0. The Balaban J connectivity index is 1.46. The minimum Gasteiger partial charge on any atom is -0.365 e. The van der Waals surface area contributed by atoms with E-state index in [0.29, 0.717) is 6.42 Å². The molecule has 6 rings (SSSR count). The maximum Gasteiger partial charge on any atom is 0.257 e. The standard InChI is InChI=1S/C38H48N6O7S2/c1-5-24(4)32-37(50)43-22-53-19-30(43)36(49)41(16-25-11-7-6-8-12-25)20-38(51)27-14-10-9-13-26(27)35(48)44(38)17-31(45)42-21-52-18-29(42)34(47)39-28(15-23(2)3)33(46)40-32/h6-14,23-24,28-30,32,51H,5,15-22H2,1-4H3,(H,39,47)(H,40,46)/t24-,28-,29-,30-,32-,38+/m0/s1. The highest BCUT2D eigenvalue weighted by atomic mass is 32.2. The number of thioether (sulfide) groups is 2. The minimum absolute atomic E-state index is 0.00502. The van der Waals surface area contributed by atoms with Gasteiger partial charge in [0.2, 0.25) is 29.5 Å². The summed E-state index contributed by atoms with van der Waals surface area (Å²) < 4.78 is 0. The fraction of sp³-hybridized carbons (Fsp3) is 0.526. The van der Waals surface area contributed by atoms with Crippen LogP contribution in [0.25, 0.3) is 0 Å². The van der Waals surface area contributed by atoms with Crippen LogP contribution in [0.15, 0.2) is 54.6 Å². The summed E-state index contributed by atoms with van der Waals surface area (Å²) in [6.45, 7) is 6.74. The molecule has 0 radical (unpaired) electrons. The number of nitrogens with one attached hydrogen (secondary N) is 2. The van der Waals surface area contributed by atoms with Gasteiger partial charge < -0.3 is 30.4 Å². The summed E-state index contributed by atoms with van der Waals surface area (Å²) >= 11 is 2.79. The highest BCUT2D eigenvalue weighted by molar-refractivity contribution is 7.99. The smallest absolute Gasteiger partial charge is 0.257 e. The third-order valence-electron chi connectivity index (χ3n) is 10.6. The molecule has 2 aromatic carbocycles. The van der Waals surface area contributed by atoms with Crippen molar-refractivity contribution in [2.45, 2.75) is 77.0 Å². The molecule has 0 bridgehead atoms. The Bertz CT molecular complexity index is 1750. The molecular formula is C38H48N6O7S2. The predicted octanol–water partition coefficient (Wildman–Crippen LogP) is 2.19. The summed E-state index contributed by atoms with van der Waals surface area (Å²) in [6.07, 6.45) is 0.847. The number of benzene rings is 2. The number of hydrogen-bond acceptors (Lipinski definition) is 9. The van der Waals surface area contributed by atoms with E-state index in [0.717, 1.165) is 10.5 Å². The second-order valence-electron chi connectivity index (χ2n) is 14.7. The SMILES string of the molecule is CC[C@H](C)[C@@H]1NC(=O)[C@H](CC(C)C)NC(=O)[C@@H]2CSCN2C(=O)CN2C(=O)c3ccccc3[C@]2(O)CN(Cc2ccccc2)C(=O)[C@@H]2CSCN2C1=O. The molecule has 13 nitrogen and oxygen atoms in total. The molecule has 0 saturated carbocycles. The number of carbonyl (C=O) groups is 6. The average molecular weight is 765 g/mol. The molecule has 6 amide bonds. The fourth-order valence-electron chi connectivity index (χ4n) is 7.43. The highest BCUT2D eigenvalue weighted by Gasteiger charge is 2.53. The zero-order valence-corrected chi connectivity index (χ0v) is 32.2. The molecule has 2 aromatic rings. The van der Waals surface area contributed by atoms with Gasteiger partial charge in [-0.3, -0.25) is 33.7 Å². The minimum atomic E-state index is -2.11. The summed E-state index contributed by atoms with van der Waals surface area (Å²) in [5, 5.41) is 18.5. The summed E-state index contributed by atoms with van der Waals surface area (Å²) in [6, 6.07) is 11.9. The van der Waals surface area contributed by atoms with Crippen molar-refractivity contribution in [3.63, 3.8) is 0 Å². The molecule has 0 spiro atoms. The Morgan fingerprint density at radius 2 is 1.49 bits per heavy atom. The van der Waals surface area contributed by atoms with Gasteiger partial charge in [-0.2, -0.15) is 0 Å². The first-order valence-corrected chi connectivity index (χ1v) is 20.5. The molecule has 53 heavy (non-hydrogen) atoms. The van der Waals surface area contributed by atoms with Crippen LogP contribution in [0.2, 0.25) is 0 Å². The molecule has 4 heterocycles. The fourth-order valence-corrected chi connectivity index (χ4v) is 9.76. The normalized spacial score (nSPS) is 27.9. The summed E-state index contributed by atoms with van der Waals surface area (Å²) in [5.74, 6) is -2.35. The van der Waals surface area contributed by atoms with Crippen molar-refractivity contribution in [3.05, 3.63) is 71.3 Å². The Hall–Kier alpha value is -4.08. The first kappa shape index (κ1) is 38.6. The third kappa shape index (κ3) is 7.79. The molecular weight excluding hydrogens is 717 g/mol. The zero-order valence-electron chi connectivity index (χ0n) is 30.5. The van der Waals surface area contributed by atoms with Crippen molar-refractivity contribution in [2.24, 2.45) is 11.8 Å². The first-order chi connectivity index (χ1) is 25.3. The van der Waals surface area contributed by atoms with Crippen LogP contribution < -0.4 is 10.6 Å². The topological polar surface area (TPSA) is 160 Å². The lowest BCUT2D eigenvalue weighted by Crippen LogP contribution is -2.62. The molecule has 3 N–H and O–H groups in total. The van der Waals surface area contributed by atoms with Gasteiger partial charge >= 0.3 is 0 Å².